The van der Waals surface area contributed by atoms with E-state index in [1.54, 1.807) is 18.2 Å². The van der Waals surface area contributed by atoms with Crippen molar-refractivity contribution < 1.29 is 9.59 Å². The van der Waals surface area contributed by atoms with Crippen molar-refractivity contribution in [1.29, 1.82) is 0 Å². The highest BCUT2D eigenvalue weighted by molar-refractivity contribution is 6.41. The number of Topliss-reactive ketones (excluding diaryl/α,β-unsaturated/α-hetero) is 2. The summed E-state index contributed by atoms with van der Waals surface area (Å²) < 4.78 is 0. The highest BCUT2D eigenvalue weighted by Gasteiger charge is 2.49. The summed E-state index contributed by atoms with van der Waals surface area (Å²) in [5.74, 6) is 1.10. The van der Waals surface area contributed by atoms with Crippen molar-refractivity contribution in [2.24, 2.45) is 23.7 Å². The predicted octanol–water partition coefficient (Wildman–Crippen LogP) is 14.9. The maximum Gasteiger partial charge on any atom is 0.197 e. The van der Waals surface area contributed by atoms with Gasteiger partial charge in [-0.05, 0) is 133 Å². The number of anilines is 3. The van der Waals surface area contributed by atoms with Gasteiger partial charge in [0.25, 0.3) is 0 Å². The Morgan fingerprint density at radius 2 is 0.770 bits per heavy atom. The second-order valence-corrected chi connectivity index (χ2v) is 18.8. The lowest BCUT2D eigenvalue weighted by molar-refractivity contribution is 0.0990. The first-order chi connectivity index (χ1) is 29.4. The topological polar surface area (TPSA) is 37.4 Å². The summed E-state index contributed by atoms with van der Waals surface area (Å²) in [6.45, 7) is 19.1. The number of hydrogen-bond acceptors (Lipinski definition) is 3. The molecule has 3 nitrogen and oxygen atoms in total. The third-order valence-electron chi connectivity index (χ3n) is 14.7. The Morgan fingerprint density at radius 1 is 0.393 bits per heavy atom. The van der Waals surface area contributed by atoms with Gasteiger partial charge in [-0.3, -0.25) is 9.59 Å². The van der Waals surface area contributed by atoms with Gasteiger partial charge >= 0.3 is 0 Å². The van der Waals surface area contributed by atoms with E-state index in [4.69, 9.17) is 0 Å². The van der Waals surface area contributed by atoms with Gasteiger partial charge in [-0.2, -0.15) is 0 Å². The Hall–Kier alpha value is -6.32. The molecule has 0 aliphatic heterocycles. The van der Waals surface area contributed by atoms with E-state index in [-0.39, 0.29) is 28.0 Å². The molecule has 0 aromatic heterocycles. The molecule has 0 N–H and O–H groups in total. The smallest absolute Gasteiger partial charge is 0.197 e. The van der Waals surface area contributed by atoms with Crippen molar-refractivity contribution in [3.8, 4) is 22.3 Å². The number of benzene rings is 7. The molecule has 0 amide bonds. The van der Waals surface area contributed by atoms with Gasteiger partial charge in [-0.1, -0.05) is 159 Å². The Labute approximate surface area is 360 Å². The van der Waals surface area contributed by atoms with Crippen LogP contribution < -0.4 is 4.90 Å². The van der Waals surface area contributed by atoms with Crippen LogP contribution in [0.2, 0.25) is 0 Å². The first kappa shape index (κ1) is 38.9. The quantitative estimate of drug-likeness (QED) is 0.114. The second kappa shape index (κ2) is 14.1. The van der Waals surface area contributed by atoms with Crippen LogP contribution in [0.1, 0.15) is 104 Å². The molecule has 0 bridgehead atoms. The number of rotatable bonds is 8. The molecule has 3 aliphatic rings. The van der Waals surface area contributed by atoms with Gasteiger partial charge in [0.2, 0.25) is 0 Å². The van der Waals surface area contributed by atoms with E-state index in [9.17, 15) is 9.59 Å². The maximum absolute atomic E-state index is 13.3. The van der Waals surface area contributed by atoms with E-state index in [1.165, 1.54) is 44.5 Å². The number of allylic oxidation sites excluding steroid dienone is 1. The van der Waals surface area contributed by atoms with Crippen molar-refractivity contribution in [1.82, 2.24) is 0 Å². The second-order valence-electron chi connectivity index (χ2n) is 18.8. The summed E-state index contributed by atoms with van der Waals surface area (Å²) >= 11 is 0. The fourth-order valence-electron chi connectivity index (χ4n) is 12.3. The fraction of sp³-hybridized carbons (Fsp3) is 0.241. The molecule has 0 saturated heterocycles. The standard InChI is InChI=1S/C58H53NO2/c1-34(2)57(35(3)4)51-19-13-11-15-44(51)46-27-25-42(32-53(46)57)59(43-26-28-47-45-16-12-14-20-52(45)58(36(5)6,37(7)8)54(47)33-43)41-24-23-39-29-38(21-22-40(39)31-41)30-50-55(60)48-17-9-10-18-49(48)56(50)61/h9-37H,1-8H3. The summed E-state index contributed by atoms with van der Waals surface area (Å²) in [5.41, 5.74) is 16.0. The Kier molecular flexibility index (Phi) is 9.00. The van der Waals surface area contributed by atoms with Crippen molar-refractivity contribution in [3.63, 3.8) is 0 Å². The molecule has 61 heavy (non-hydrogen) atoms. The number of carbonyl (C=O) groups excluding carboxylic acids is 2. The Morgan fingerprint density at radius 3 is 1.25 bits per heavy atom. The van der Waals surface area contributed by atoms with E-state index in [2.05, 4.69) is 176 Å². The van der Waals surface area contributed by atoms with Crippen molar-refractivity contribution in [3.05, 3.63) is 190 Å². The first-order valence-electron chi connectivity index (χ1n) is 22.1. The summed E-state index contributed by atoms with van der Waals surface area (Å²) in [6.07, 6.45) is 1.75. The highest BCUT2D eigenvalue weighted by atomic mass is 16.2. The molecule has 0 atom stereocenters. The van der Waals surface area contributed by atoms with Crippen molar-refractivity contribution >= 4 is 45.5 Å². The van der Waals surface area contributed by atoms with E-state index < -0.39 is 0 Å². The van der Waals surface area contributed by atoms with Crippen LogP contribution in [0.3, 0.4) is 0 Å². The lowest BCUT2D eigenvalue weighted by atomic mass is 9.63. The molecule has 0 fully saturated rings. The molecule has 7 aromatic rings. The van der Waals surface area contributed by atoms with Crippen LogP contribution in [-0.4, -0.2) is 11.6 Å². The summed E-state index contributed by atoms with van der Waals surface area (Å²) in [6, 6.07) is 52.4. The average molecular weight is 796 g/mol. The van der Waals surface area contributed by atoms with Crippen LogP contribution in [-0.2, 0) is 10.8 Å². The molecule has 10 rings (SSSR count). The van der Waals surface area contributed by atoms with Gasteiger partial charge in [0.1, 0.15) is 0 Å². The minimum Gasteiger partial charge on any atom is -0.310 e. The largest absolute Gasteiger partial charge is 0.310 e. The van der Waals surface area contributed by atoms with Gasteiger partial charge in [-0.25, -0.2) is 0 Å². The van der Waals surface area contributed by atoms with E-state index in [1.807, 2.05) is 18.2 Å². The van der Waals surface area contributed by atoms with Gasteiger partial charge in [0, 0.05) is 39.0 Å². The molecule has 3 aliphatic carbocycles. The lowest BCUT2D eigenvalue weighted by Gasteiger charge is -2.41. The normalized spacial score (nSPS) is 15.4. The molecule has 3 heteroatoms. The zero-order valence-electron chi connectivity index (χ0n) is 36.5. The summed E-state index contributed by atoms with van der Waals surface area (Å²) in [5, 5.41) is 2.12. The number of nitrogens with zero attached hydrogens (tertiary/aromatic N) is 1. The molecule has 0 spiro atoms. The number of ketones is 2. The molecule has 0 heterocycles. The Balaban J connectivity index is 1.16. The van der Waals surface area contributed by atoms with Crippen LogP contribution in [0.4, 0.5) is 17.1 Å². The van der Waals surface area contributed by atoms with Crippen LogP contribution in [0.25, 0.3) is 39.1 Å². The predicted molar refractivity (Wildman–Crippen MR) is 253 cm³/mol. The average Bonchev–Trinajstić information content (AvgIpc) is 3.82. The molecule has 302 valence electrons. The molecule has 7 aromatic carbocycles. The van der Waals surface area contributed by atoms with Crippen molar-refractivity contribution in [2.75, 3.05) is 4.90 Å². The van der Waals surface area contributed by atoms with Crippen LogP contribution in [0.15, 0.2) is 151 Å². The maximum atomic E-state index is 13.3. The summed E-state index contributed by atoms with van der Waals surface area (Å²) in [4.78, 5) is 29.0. The molecule has 0 radical (unpaired) electrons. The highest BCUT2D eigenvalue weighted by Crippen LogP contribution is 2.59. The first-order valence-corrected chi connectivity index (χ1v) is 22.1. The third kappa shape index (κ3) is 5.42. The SMILES string of the molecule is CC(C)C1(C(C)C)c2ccccc2-c2ccc(N(c3ccc4c(c3)C(C(C)C)(C(C)C)c3ccccc3-4)c3ccc4cc(C=C5C(=O)c6ccccc6C5=O)ccc4c3)cc21. The molecular weight excluding hydrogens is 743 g/mol. The van der Waals surface area contributed by atoms with E-state index >= 15 is 0 Å². The van der Waals surface area contributed by atoms with Crippen LogP contribution in [0.5, 0.6) is 0 Å². The fourth-order valence-corrected chi connectivity index (χ4v) is 12.3. The third-order valence-corrected chi connectivity index (χ3v) is 14.7. The number of hydrogen-bond donors (Lipinski definition) is 0. The van der Waals surface area contributed by atoms with Crippen molar-refractivity contribution in [2.45, 2.75) is 66.2 Å². The van der Waals surface area contributed by atoms with Gasteiger partial charge in [0.15, 0.2) is 11.6 Å². The van der Waals surface area contributed by atoms with Gasteiger partial charge < -0.3 is 4.90 Å². The zero-order valence-corrected chi connectivity index (χ0v) is 36.5. The van der Waals surface area contributed by atoms with Crippen LogP contribution in [0, 0.1) is 23.7 Å². The Bertz CT molecular complexity index is 2820. The molecular formula is C58H53NO2. The van der Waals surface area contributed by atoms with Gasteiger partial charge in [-0.15, -0.1) is 0 Å². The minimum absolute atomic E-state index is 0.143. The number of carbonyl (C=O) groups is 2. The monoisotopic (exact) mass is 795 g/mol. The van der Waals surface area contributed by atoms with Crippen LogP contribution >= 0.6 is 0 Å². The molecule has 0 unspecified atom stereocenters. The zero-order chi connectivity index (χ0) is 42.5. The molecule has 0 saturated carbocycles. The summed E-state index contributed by atoms with van der Waals surface area (Å²) in [7, 11) is 0. The lowest BCUT2D eigenvalue weighted by Crippen LogP contribution is -2.37. The number of fused-ring (bicyclic) bond motifs is 8. The minimum atomic E-state index is -0.209. The van der Waals surface area contributed by atoms with E-state index in [0.29, 0.717) is 34.8 Å². The van der Waals surface area contributed by atoms with Gasteiger partial charge in [0.05, 0.1) is 5.57 Å². The van der Waals surface area contributed by atoms with E-state index in [0.717, 1.165) is 33.4 Å².